The number of aliphatic hydroxyl groups is 1. The van der Waals surface area contributed by atoms with Crippen LogP contribution in [-0.4, -0.2) is 172 Å². The second-order valence-electron chi connectivity index (χ2n) is 23.3. The molecule has 11 atom stereocenters. The fourth-order valence-electron chi connectivity index (χ4n) is 10.9. The number of likely N-dealkylation sites (N-methyl/N-ethyl adjacent to an activating group) is 4. The van der Waals surface area contributed by atoms with Gasteiger partial charge in [0.15, 0.2) is 6.10 Å². The summed E-state index contributed by atoms with van der Waals surface area (Å²) in [5.41, 5.74) is 0.949. The van der Waals surface area contributed by atoms with Crippen molar-refractivity contribution in [2.45, 2.75) is 176 Å². The zero-order valence-electron chi connectivity index (χ0n) is 49.0. The molecule has 4 N–H and O–H groups in total. The van der Waals surface area contributed by atoms with Crippen LogP contribution in [0.2, 0.25) is 0 Å². The Bertz CT molecular complexity index is 2400. The van der Waals surface area contributed by atoms with Gasteiger partial charge in [0.2, 0.25) is 41.4 Å². The highest BCUT2D eigenvalue weighted by atomic mass is 16.6. The molecule has 78 heavy (non-hydrogen) atoms. The third-order valence-electron chi connectivity index (χ3n) is 15.4. The summed E-state index contributed by atoms with van der Waals surface area (Å²) in [5, 5.41) is 21.0. The van der Waals surface area contributed by atoms with Crippen molar-refractivity contribution < 1.29 is 53.0 Å². The number of carbonyl (C=O) groups excluding carboxylic acids is 9. The Morgan fingerprint density at radius 1 is 0.551 bits per heavy atom. The predicted molar refractivity (Wildman–Crippen MR) is 296 cm³/mol. The quantitative estimate of drug-likeness (QED) is 0.218. The minimum Gasteiger partial charge on any atom is -0.450 e. The molecule has 1 unspecified atom stereocenters. The maximum absolute atomic E-state index is 15.3. The number of benzene rings is 2. The first-order valence-corrected chi connectivity index (χ1v) is 27.8. The number of fused-ring (bicyclic) bond motifs is 1. The predicted octanol–water partition coefficient (Wildman–Crippen LogP) is 4.36. The third kappa shape index (κ3) is 15.5. The molecule has 2 fully saturated rings. The van der Waals surface area contributed by atoms with Crippen LogP contribution >= 0.6 is 0 Å². The molecule has 2 heterocycles. The number of cyclic esters (lactones) is 1. The van der Waals surface area contributed by atoms with Crippen molar-refractivity contribution in [1.29, 1.82) is 0 Å². The molecule has 2 aromatic carbocycles. The number of carbonyl (C=O) groups is 9. The van der Waals surface area contributed by atoms with Gasteiger partial charge in [-0.1, -0.05) is 150 Å². The normalized spacial score (nSPS) is 26.6. The first-order valence-electron chi connectivity index (χ1n) is 27.8. The van der Waals surface area contributed by atoms with Gasteiger partial charge >= 0.3 is 5.97 Å². The van der Waals surface area contributed by atoms with E-state index in [0.29, 0.717) is 24.0 Å². The van der Waals surface area contributed by atoms with E-state index < -0.39 is 143 Å². The molecule has 432 valence electrons. The van der Waals surface area contributed by atoms with E-state index in [2.05, 4.69) is 16.0 Å². The average Bonchev–Trinajstić information content (AvgIpc) is 3.91. The lowest BCUT2D eigenvalue weighted by atomic mass is 9.94. The molecule has 19 heteroatoms. The van der Waals surface area contributed by atoms with Crippen molar-refractivity contribution in [2.75, 3.05) is 34.7 Å². The van der Waals surface area contributed by atoms with E-state index in [1.165, 1.54) is 47.8 Å². The summed E-state index contributed by atoms with van der Waals surface area (Å²) in [6, 6.07) is 7.09. The molecule has 0 aliphatic carbocycles. The molecular weight excluding hydrogens is 997 g/mol. The van der Waals surface area contributed by atoms with Crippen LogP contribution in [0.15, 0.2) is 60.7 Å². The maximum atomic E-state index is 15.3. The molecule has 19 nitrogen and oxygen atoms in total. The van der Waals surface area contributed by atoms with Crippen molar-refractivity contribution in [3.8, 4) is 0 Å². The number of aliphatic hydroxyl groups excluding tert-OH is 1. The van der Waals surface area contributed by atoms with E-state index in [4.69, 9.17) is 4.74 Å². The Morgan fingerprint density at radius 3 is 1.53 bits per heavy atom. The van der Waals surface area contributed by atoms with Crippen LogP contribution < -0.4 is 16.0 Å². The Hall–Kier alpha value is -6.37. The zero-order chi connectivity index (χ0) is 58.6. The van der Waals surface area contributed by atoms with E-state index in [1.54, 1.807) is 123 Å². The van der Waals surface area contributed by atoms with E-state index in [9.17, 15) is 38.7 Å². The number of ether oxygens (including phenoxy) is 1. The number of esters is 1. The molecule has 8 amide bonds. The maximum Gasteiger partial charge on any atom is 0.329 e. The lowest BCUT2D eigenvalue weighted by Crippen LogP contribution is -2.62. The smallest absolute Gasteiger partial charge is 0.329 e. The van der Waals surface area contributed by atoms with Gasteiger partial charge in [-0.25, -0.2) is 4.79 Å². The second-order valence-corrected chi connectivity index (χ2v) is 23.3. The van der Waals surface area contributed by atoms with Crippen molar-refractivity contribution in [1.82, 2.24) is 40.4 Å². The number of hydrogen-bond acceptors (Lipinski definition) is 11. The summed E-state index contributed by atoms with van der Waals surface area (Å²) >= 11 is 0. The van der Waals surface area contributed by atoms with E-state index in [1.807, 2.05) is 20.8 Å². The van der Waals surface area contributed by atoms with Gasteiger partial charge in [0, 0.05) is 41.2 Å². The van der Waals surface area contributed by atoms with Crippen LogP contribution in [0.4, 0.5) is 0 Å². The number of rotatable bonds is 12. The fourth-order valence-corrected chi connectivity index (χ4v) is 10.9. The molecule has 2 aromatic rings. The molecule has 0 radical (unpaired) electrons. The monoisotopic (exact) mass is 1090 g/mol. The number of hydrogen-bond donors (Lipinski definition) is 4. The number of nitrogens with one attached hydrogen (secondary N) is 3. The van der Waals surface area contributed by atoms with Crippen molar-refractivity contribution in [3.05, 3.63) is 71.8 Å². The molecule has 0 bridgehead atoms. The van der Waals surface area contributed by atoms with Gasteiger partial charge in [-0.15, -0.1) is 0 Å². The number of amides is 8. The molecule has 2 aliphatic rings. The molecule has 0 aromatic heterocycles. The number of nitrogens with zero attached hydrogens (tertiary/aromatic N) is 5. The molecule has 0 spiro atoms. The van der Waals surface area contributed by atoms with Crippen LogP contribution in [0.1, 0.15) is 126 Å². The van der Waals surface area contributed by atoms with Crippen molar-refractivity contribution in [3.63, 3.8) is 0 Å². The summed E-state index contributed by atoms with van der Waals surface area (Å²) in [6.07, 6.45) is -1.97. The van der Waals surface area contributed by atoms with Crippen LogP contribution in [0.25, 0.3) is 0 Å². The second kappa shape index (κ2) is 28.5. The summed E-state index contributed by atoms with van der Waals surface area (Å²) in [4.78, 5) is 140. The average molecular weight is 1090 g/mol. The van der Waals surface area contributed by atoms with Gasteiger partial charge in [0.1, 0.15) is 54.4 Å². The third-order valence-corrected chi connectivity index (χ3v) is 15.4. The summed E-state index contributed by atoms with van der Waals surface area (Å²) in [6.45, 7) is 21.3. The van der Waals surface area contributed by atoms with Gasteiger partial charge in [-0.2, -0.15) is 0 Å². The first kappa shape index (κ1) is 64.2. The fraction of sp³-hybridized carbons (Fsp3) is 0.644. The van der Waals surface area contributed by atoms with Crippen LogP contribution in [-0.2, 0) is 54.3 Å². The van der Waals surface area contributed by atoms with Gasteiger partial charge in [-0.05, 0) is 65.9 Å². The van der Waals surface area contributed by atoms with Crippen molar-refractivity contribution >= 4 is 53.2 Å². The lowest BCUT2D eigenvalue weighted by molar-refractivity contribution is -0.171. The van der Waals surface area contributed by atoms with Gasteiger partial charge in [0.05, 0.1) is 0 Å². The highest BCUT2D eigenvalue weighted by Crippen LogP contribution is 2.29. The Kier molecular flexibility index (Phi) is 23.4. The zero-order valence-corrected chi connectivity index (χ0v) is 49.0. The summed E-state index contributed by atoms with van der Waals surface area (Å²) in [7, 11) is 5.67. The van der Waals surface area contributed by atoms with E-state index >= 15 is 9.59 Å². The van der Waals surface area contributed by atoms with Gasteiger partial charge in [-0.3, -0.25) is 38.4 Å². The van der Waals surface area contributed by atoms with E-state index in [0.717, 1.165) is 4.90 Å². The largest absolute Gasteiger partial charge is 0.450 e. The van der Waals surface area contributed by atoms with Crippen molar-refractivity contribution in [2.24, 2.45) is 35.5 Å². The molecular formula is C59H90N8O11. The van der Waals surface area contributed by atoms with Crippen LogP contribution in [0, 0.1) is 35.5 Å². The van der Waals surface area contributed by atoms with Gasteiger partial charge < -0.3 is 50.3 Å². The minimum absolute atomic E-state index is 0.0688. The van der Waals surface area contributed by atoms with Gasteiger partial charge in [0.25, 0.3) is 5.91 Å². The highest BCUT2D eigenvalue weighted by molar-refractivity contribution is 5.99. The SMILES string of the molecule is CC[C@@H](C)[C@@H]1NC(=O)[C@@H]2CCCN2C(=O)[C@H](C(O)c2ccccc2)N(C)C(=O)[C@H](Cc2ccccc2)NC(=O)[C@H](C(C)C)N(C)C(=O)[C@@H](C(C)C)OC(=O)[C@H](C(C)C)N(C)C(=O)[C@H](CC(C)C)NC(=O)[C@H](C(C)C)N(C)C1=O. The Balaban J connectivity index is 1.97. The lowest BCUT2D eigenvalue weighted by Gasteiger charge is -2.38. The summed E-state index contributed by atoms with van der Waals surface area (Å²) in [5.74, 6) is -9.15. The standard InChI is InChI=1S/C59H90N8O11/c1-17-38(12)44-56(74)63(13)45(34(4)5)52(70)60-41(31-33(2)3)54(72)65(15)47(36(8)9)59(77)78-50(37(10)11)58(76)64(14)46(35(6)7)53(71)61-42(32-39-25-20-18-21-26-39)55(73)66(16)48(49(68)40-27-22-19-23-28-40)57(75)67-30-24-29-43(67)51(69)62-44/h18-23,25-28,33-38,41-50,68H,17,24,29-32H2,1-16H3,(H,60,70)(H,61,71)(H,62,69)/t38-,41+,42+,43+,44+,45+,46+,47+,48+,49?,50-/m1/s1. The Morgan fingerprint density at radius 2 is 1.03 bits per heavy atom. The minimum atomic E-state index is -1.64. The van der Waals surface area contributed by atoms with Crippen LogP contribution in [0.3, 0.4) is 0 Å². The van der Waals surface area contributed by atoms with E-state index in [-0.39, 0.29) is 31.7 Å². The summed E-state index contributed by atoms with van der Waals surface area (Å²) < 4.78 is 6.08. The molecule has 2 aliphatic heterocycles. The molecule has 0 saturated carbocycles. The molecule has 4 rings (SSSR count). The topological polar surface area (TPSA) is 235 Å². The Labute approximate surface area is 462 Å². The molecule has 2 saturated heterocycles. The van der Waals surface area contributed by atoms with Crippen LogP contribution in [0.5, 0.6) is 0 Å². The highest BCUT2D eigenvalue weighted by Gasteiger charge is 2.47. The first-order chi connectivity index (χ1) is 36.6.